The van der Waals surface area contributed by atoms with Crippen molar-refractivity contribution in [3.63, 3.8) is 0 Å². The predicted octanol–water partition coefficient (Wildman–Crippen LogP) is -1.25. The molecule has 1 saturated heterocycles. The number of esters is 2. The Balaban J connectivity index is 1.93. The second-order valence-corrected chi connectivity index (χ2v) is 3.35. The van der Waals surface area contributed by atoms with E-state index in [2.05, 4.69) is 15.6 Å². The molecule has 2 heterocycles. The van der Waals surface area contributed by atoms with E-state index < -0.39 is 18.0 Å². The zero-order valence-corrected chi connectivity index (χ0v) is 8.32. The number of rotatable bonds is 2. The molecule has 0 bridgehead atoms. The minimum absolute atomic E-state index is 0.104. The fourth-order valence-corrected chi connectivity index (χ4v) is 1.35. The summed E-state index contributed by atoms with van der Waals surface area (Å²) in [5.41, 5.74) is 4.79. The number of ether oxygens (including phenoxy) is 2. The zero-order chi connectivity index (χ0) is 11.5. The van der Waals surface area contributed by atoms with Crippen molar-refractivity contribution in [1.82, 2.24) is 10.9 Å². The Bertz CT molecular complexity index is 376. The van der Waals surface area contributed by atoms with E-state index in [1.165, 1.54) is 6.08 Å². The summed E-state index contributed by atoms with van der Waals surface area (Å²) in [6, 6.07) is 0. The van der Waals surface area contributed by atoms with Crippen LogP contribution in [0.5, 0.6) is 0 Å². The molecular weight excluding hydrogens is 216 g/mol. The number of cyclic esters (lactones) is 1. The lowest BCUT2D eigenvalue weighted by atomic mass is 10.2. The van der Waals surface area contributed by atoms with Crippen LogP contribution in [0.3, 0.4) is 0 Å². The summed E-state index contributed by atoms with van der Waals surface area (Å²) in [5.74, 6) is -1.45. The third kappa shape index (κ3) is 2.13. The minimum atomic E-state index is -0.840. The molecule has 0 radical (unpaired) electrons. The molecule has 0 spiro atoms. The van der Waals surface area contributed by atoms with Gasteiger partial charge in [0.1, 0.15) is 5.70 Å². The van der Waals surface area contributed by atoms with Crippen molar-refractivity contribution in [2.45, 2.75) is 18.9 Å². The van der Waals surface area contributed by atoms with Gasteiger partial charge in [0.2, 0.25) is 12.0 Å². The van der Waals surface area contributed by atoms with E-state index in [0.29, 0.717) is 6.42 Å². The molecule has 2 N–H and O–H groups in total. The standard InChI is InChI=1S/C9H10N2O5/c12-7-2-1-5(10-11-7)8(13)16-6-3-4-15-9(6)14/h1,6,10H,2-4H2,(H,11,12)/t6-/m1/s1. The van der Waals surface area contributed by atoms with E-state index in [1.807, 2.05) is 0 Å². The van der Waals surface area contributed by atoms with Gasteiger partial charge in [-0.15, -0.1) is 0 Å². The van der Waals surface area contributed by atoms with Gasteiger partial charge in [0.05, 0.1) is 6.61 Å². The van der Waals surface area contributed by atoms with Crippen molar-refractivity contribution in [3.05, 3.63) is 11.8 Å². The molecule has 0 aromatic rings. The first-order valence-electron chi connectivity index (χ1n) is 4.79. The Morgan fingerprint density at radius 2 is 2.25 bits per heavy atom. The molecule has 7 nitrogen and oxygen atoms in total. The summed E-state index contributed by atoms with van der Waals surface area (Å²) in [5, 5.41) is 0. The van der Waals surface area contributed by atoms with Gasteiger partial charge in [0.25, 0.3) is 0 Å². The summed E-state index contributed by atoms with van der Waals surface area (Å²) in [6.45, 7) is 0.264. The first-order valence-corrected chi connectivity index (χ1v) is 4.79. The molecule has 1 fully saturated rings. The van der Waals surface area contributed by atoms with Crippen LogP contribution in [0.15, 0.2) is 11.8 Å². The molecule has 0 unspecified atom stereocenters. The summed E-state index contributed by atoms with van der Waals surface area (Å²) >= 11 is 0. The Hall–Kier alpha value is -2.05. The molecule has 16 heavy (non-hydrogen) atoms. The lowest BCUT2D eigenvalue weighted by Gasteiger charge is -2.16. The number of carbonyl (C=O) groups excluding carboxylic acids is 3. The van der Waals surface area contributed by atoms with Gasteiger partial charge in [-0.2, -0.15) is 0 Å². The van der Waals surface area contributed by atoms with Crippen LogP contribution >= 0.6 is 0 Å². The van der Waals surface area contributed by atoms with Crippen LogP contribution in [-0.2, 0) is 23.9 Å². The lowest BCUT2D eigenvalue weighted by molar-refractivity contribution is -0.158. The van der Waals surface area contributed by atoms with Gasteiger partial charge in [-0.25, -0.2) is 9.59 Å². The van der Waals surface area contributed by atoms with Gasteiger partial charge in [-0.05, 0) is 6.08 Å². The maximum atomic E-state index is 11.5. The number of amides is 1. The van der Waals surface area contributed by atoms with Gasteiger partial charge < -0.3 is 9.47 Å². The normalized spacial score (nSPS) is 24.0. The number of carbonyl (C=O) groups is 3. The summed E-state index contributed by atoms with van der Waals surface area (Å²) in [6.07, 6.45) is 1.03. The predicted molar refractivity (Wildman–Crippen MR) is 49.4 cm³/mol. The van der Waals surface area contributed by atoms with Crippen molar-refractivity contribution in [3.8, 4) is 0 Å². The largest absolute Gasteiger partial charge is 0.463 e. The third-order valence-corrected chi connectivity index (χ3v) is 2.18. The first kappa shape index (κ1) is 10.5. The number of nitrogens with one attached hydrogen (secondary N) is 2. The van der Waals surface area contributed by atoms with Crippen molar-refractivity contribution in [2.75, 3.05) is 6.61 Å². The highest BCUT2D eigenvalue weighted by molar-refractivity contribution is 5.93. The lowest BCUT2D eigenvalue weighted by Crippen LogP contribution is -2.43. The molecule has 1 atom stereocenters. The molecule has 2 aliphatic rings. The summed E-state index contributed by atoms with van der Waals surface area (Å²) < 4.78 is 9.55. The fraction of sp³-hybridized carbons (Fsp3) is 0.444. The zero-order valence-electron chi connectivity index (χ0n) is 8.32. The molecule has 2 rings (SSSR count). The molecule has 7 heteroatoms. The van der Waals surface area contributed by atoms with Gasteiger partial charge in [-0.3, -0.25) is 15.6 Å². The maximum Gasteiger partial charge on any atom is 0.356 e. The highest BCUT2D eigenvalue weighted by atomic mass is 16.6. The van der Waals surface area contributed by atoms with E-state index in [0.717, 1.165) is 0 Å². The average molecular weight is 226 g/mol. The first-order chi connectivity index (χ1) is 7.66. The van der Waals surface area contributed by atoms with Crippen molar-refractivity contribution >= 4 is 17.8 Å². The molecule has 2 aliphatic heterocycles. The van der Waals surface area contributed by atoms with Gasteiger partial charge in [0, 0.05) is 12.8 Å². The van der Waals surface area contributed by atoms with E-state index >= 15 is 0 Å². The monoisotopic (exact) mass is 226 g/mol. The van der Waals surface area contributed by atoms with Crippen LogP contribution in [0.2, 0.25) is 0 Å². The molecule has 86 valence electrons. The van der Waals surface area contributed by atoms with Gasteiger partial charge >= 0.3 is 11.9 Å². The van der Waals surface area contributed by atoms with Crippen LogP contribution in [0.1, 0.15) is 12.8 Å². The molecule has 0 saturated carbocycles. The molecular formula is C9H10N2O5. The second-order valence-electron chi connectivity index (χ2n) is 3.35. The van der Waals surface area contributed by atoms with Crippen LogP contribution in [0.4, 0.5) is 0 Å². The van der Waals surface area contributed by atoms with Crippen LogP contribution in [0.25, 0.3) is 0 Å². The van der Waals surface area contributed by atoms with Crippen molar-refractivity contribution in [1.29, 1.82) is 0 Å². The highest BCUT2D eigenvalue weighted by Gasteiger charge is 2.31. The molecule has 0 aliphatic carbocycles. The van der Waals surface area contributed by atoms with E-state index in [9.17, 15) is 14.4 Å². The molecule has 0 aromatic carbocycles. The topological polar surface area (TPSA) is 93.7 Å². The Kier molecular flexibility index (Phi) is 2.76. The van der Waals surface area contributed by atoms with E-state index in [4.69, 9.17) is 4.74 Å². The maximum absolute atomic E-state index is 11.5. The van der Waals surface area contributed by atoms with Crippen LogP contribution < -0.4 is 10.9 Å². The van der Waals surface area contributed by atoms with Crippen molar-refractivity contribution < 1.29 is 23.9 Å². The fourth-order valence-electron chi connectivity index (χ4n) is 1.35. The van der Waals surface area contributed by atoms with Crippen LogP contribution in [-0.4, -0.2) is 30.6 Å². The van der Waals surface area contributed by atoms with E-state index in [1.54, 1.807) is 0 Å². The molecule has 1 amide bonds. The Labute approximate surface area is 90.7 Å². The van der Waals surface area contributed by atoms with E-state index in [-0.39, 0.29) is 24.6 Å². The number of hydrazine groups is 1. The highest BCUT2D eigenvalue weighted by Crippen LogP contribution is 2.12. The SMILES string of the molecule is O=C1CC=C(C(=O)O[C@@H]2CCOC2=O)NN1. The number of hydrogen-bond donors (Lipinski definition) is 2. The summed E-state index contributed by atoms with van der Waals surface area (Å²) in [4.78, 5) is 33.3. The number of hydrogen-bond acceptors (Lipinski definition) is 6. The second kappa shape index (κ2) is 4.21. The molecule has 0 aromatic heterocycles. The summed E-state index contributed by atoms with van der Waals surface area (Å²) in [7, 11) is 0. The minimum Gasteiger partial charge on any atom is -0.463 e. The van der Waals surface area contributed by atoms with Crippen LogP contribution in [0, 0.1) is 0 Å². The third-order valence-electron chi connectivity index (χ3n) is 2.18. The Morgan fingerprint density at radius 1 is 1.44 bits per heavy atom. The smallest absolute Gasteiger partial charge is 0.356 e. The quantitative estimate of drug-likeness (QED) is 0.571. The Morgan fingerprint density at radius 3 is 2.81 bits per heavy atom. The van der Waals surface area contributed by atoms with Gasteiger partial charge in [0.15, 0.2) is 0 Å². The average Bonchev–Trinajstić information content (AvgIpc) is 2.65. The van der Waals surface area contributed by atoms with Crippen molar-refractivity contribution in [2.24, 2.45) is 0 Å². The van der Waals surface area contributed by atoms with Gasteiger partial charge in [-0.1, -0.05) is 0 Å².